The van der Waals surface area contributed by atoms with Crippen LogP contribution in [0, 0.1) is 11.6 Å². The van der Waals surface area contributed by atoms with E-state index in [2.05, 4.69) is 20.9 Å². The molecule has 0 spiro atoms. The first-order chi connectivity index (χ1) is 14.4. The lowest BCUT2D eigenvalue weighted by Crippen LogP contribution is -2.30. The Morgan fingerprint density at radius 3 is 2.43 bits per heavy atom. The number of carbonyl (C=O) groups is 2. The van der Waals surface area contributed by atoms with Crippen molar-refractivity contribution in [2.24, 2.45) is 0 Å². The molecule has 0 saturated carbocycles. The minimum absolute atomic E-state index is 0.221. The van der Waals surface area contributed by atoms with Crippen LogP contribution in [0.4, 0.5) is 14.5 Å². The number of aliphatic hydroxyl groups is 1. The summed E-state index contributed by atoms with van der Waals surface area (Å²) in [5.74, 6) is -4.21. The summed E-state index contributed by atoms with van der Waals surface area (Å²) >= 11 is 3.29. The molecule has 1 unspecified atom stereocenters. The molecule has 1 aromatic heterocycles. The third-order valence-corrected chi connectivity index (χ3v) is 5.23. The number of aromatic nitrogens is 1. The standard InChI is InChI=1S/C22H13BrF2N2O3/c23-13-6-4-12(5-7-13)20(28)18-19(16-3-1-2-10-26-16)27(22(30)21(18)29)17-11-14(24)8-9-15(17)25/h1-11,19,28H/b20-18+. The van der Waals surface area contributed by atoms with Crippen LogP contribution in [0.2, 0.25) is 0 Å². The second kappa shape index (κ2) is 7.79. The molecule has 0 aliphatic carbocycles. The summed E-state index contributed by atoms with van der Waals surface area (Å²) in [5.41, 5.74) is -0.164. The highest BCUT2D eigenvalue weighted by Gasteiger charge is 2.48. The van der Waals surface area contributed by atoms with E-state index in [-0.39, 0.29) is 16.8 Å². The molecule has 1 aliphatic heterocycles. The van der Waals surface area contributed by atoms with Gasteiger partial charge in [-0.1, -0.05) is 34.1 Å². The Morgan fingerprint density at radius 2 is 1.77 bits per heavy atom. The van der Waals surface area contributed by atoms with Crippen LogP contribution < -0.4 is 4.90 Å². The van der Waals surface area contributed by atoms with Crippen molar-refractivity contribution in [3.63, 3.8) is 0 Å². The molecule has 1 fully saturated rings. The zero-order valence-electron chi connectivity index (χ0n) is 15.2. The van der Waals surface area contributed by atoms with Gasteiger partial charge in [-0.25, -0.2) is 8.78 Å². The average Bonchev–Trinajstić information content (AvgIpc) is 3.01. The van der Waals surface area contributed by atoms with Crippen LogP contribution in [0.1, 0.15) is 17.3 Å². The molecule has 30 heavy (non-hydrogen) atoms. The van der Waals surface area contributed by atoms with Crippen molar-refractivity contribution in [2.75, 3.05) is 4.90 Å². The van der Waals surface area contributed by atoms with Crippen LogP contribution in [0.3, 0.4) is 0 Å². The predicted octanol–water partition coefficient (Wildman–Crippen LogP) is 4.75. The number of aliphatic hydroxyl groups excluding tert-OH is 1. The molecule has 3 aromatic rings. The maximum absolute atomic E-state index is 14.5. The molecule has 0 bridgehead atoms. The van der Waals surface area contributed by atoms with Gasteiger partial charge in [0.05, 0.1) is 17.0 Å². The van der Waals surface area contributed by atoms with Crippen molar-refractivity contribution < 1.29 is 23.5 Å². The van der Waals surface area contributed by atoms with Crippen molar-refractivity contribution in [3.8, 4) is 0 Å². The first kappa shape index (κ1) is 19.9. The number of amides is 1. The Hall–Kier alpha value is -3.39. The van der Waals surface area contributed by atoms with E-state index in [9.17, 15) is 23.5 Å². The molecule has 1 atom stereocenters. The lowest BCUT2D eigenvalue weighted by molar-refractivity contribution is -0.132. The van der Waals surface area contributed by atoms with Gasteiger partial charge in [-0.2, -0.15) is 0 Å². The highest BCUT2D eigenvalue weighted by atomic mass is 79.9. The summed E-state index contributed by atoms with van der Waals surface area (Å²) in [6.07, 6.45) is 1.44. The number of ketones is 1. The van der Waals surface area contributed by atoms with Crippen LogP contribution >= 0.6 is 15.9 Å². The van der Waals surface area contributed by atoms with Gasteiger partial charge in [0.1, 0.15) is 23.4 Å². The van der Waals surface area contributed by atoms with E-state index in [4.69, 9.17) is 0 Å². The number of Topliss-reactive ketones (excluding diaryl/α,β-unsaturated/α-hetero) is 1. The molecular formula is C22H13BrF2N2O3. The molecular weight excluding hydrogens is 458 g/mol. The number of nitrogens with zero attached hydrogens (tertiary/aromatic N) is 2. The quantitative estimate of drug-likeness (QED) is 0.340. The van der Waals surface area contributed by atoms with Gasteiger partial charge in [0, 0.05) is 22.3 Å². The van der Waals surface area contributed by atoms with Crippen LogP contribution in [0.25, 0.3) is 5.76 Å². The summed E-state index contributed by atoms with van der Waals surface area (Å²) in [4.78, 5) is 30.8. The number of rotatable bonds is 3. The predicted molar refractivity (Wildman–Crippen MR) is 110 cm³/mol. The molecule has 2 aromatic carbocycles. The van der Waals surface area contributed by atoms with Crippen LogP contribution in [0.15, 0.2) is 76.9 Å². The highest BCUT2D eigenvalue weighted by molar-refractivity contribution is 9.10. The number of carbonyl (C=O) groups excluding carboxylic acids is 2. The van der Waals surface area contributed by atoms with Gasteiger partial charge < -0.3 is 5.11 Å². The fraction of sp³-hybridized carbons (Fsp3) is 0.0455. The topological polar surface area (TPSA) is 70.5 Å². The van der Waals surface area contributed by atoms with E-state index in [1.165, 1.54) is 12.3 Å². The van der Waals surface area contributed by atoms with E-state index in [1.807, 2.05) is 0 Å². The molecule has 8 heteroatoms. The van der Waals surface area contributed by atoms with Gasteiger partial charge in [-0.3, -0.25) is 19.5 Å². The number of hydrogen-bond donors (Lipinski definition) is 1. The summed E-state index contributed by atoms with van der Waals surface area (Å²) < 4.78 is 29.1. The van der Waals surface area contributed by atoms with Gasteiger partial charge in [-0.15, -0.1) is 0 Å². The molecule has 1 amide bonds. The van der Waals surface area contributed by atoms with E-state index < -0.39 is 40.8 Å². The fourth-order valence-electron chi connectivity index (χ4n) is 3.33. The average molecular weight is 471 g/mol. The number of hydrogen-bond acceptors (Lipinski definition) is 4. The third kappa shape index (κ3) is 3.39. The smallest absolute Gasteiger partial charge is 0.300 e. The molecule has 2 heterocycles. The molecule has 150 valence electrons. The van der Waals surface area contributed by atoms with Crippen molar-refractivity contribution in [3.05, 3.63) is 99.8 Å². The van der Waals surface area contributed by atoms with Crippen molar-refractivity contribution in [2.45, 2.75) is 6.04 Å². The summed E-state index contributed by atoms with van der Waals surface area (Å²) in [6.45, 7) is 0. The number of anilines is 1. The number of benzene rings is 2. The second-order valence-corrected chi connectivity index (χ2v) is 7.44. The van der Waals surface area contributed by atoms with Gasteiger partial charge in [0.2, 0.25) is 0 Å². The minimum Gasteiger partial charge on any atom is -0.507 e. The van der Waals surface area contributed by atoms with Gasteiger partial charge in [0.25, 0.3) is 11.7 Å². The second-order valence-electron chi connectivity index (χ2n) is 6.53. The zero-order valence-corrected chi connectivity index (χ0v) is 16.8. The maximum Gasteiger partial charge on any atom is 0.300 e. The first-order valence-corrected chi connectivity index (χ1v) is 9.60. The van der Waals surface area contributed by atoms with E-state index in [1.54, 1.807) is 36.4 Å². The normalized spacial score (nSPS) is 18.1. The fourth-order valence-corrected chi connectivity index (χ4v) is 3.60. The Bertz CT molecular complexity index is 1180. The summed E-state index contributed by atoms with van der Waals surface area (Å²) in [5, 5.41) is 10.9. The van der Waals surface area contributed by atoms with Crippen LogP contribution in [0.5, 0.6) is 0 Å². The molecule has 1 aliphatic rings. The maximum atomic E-state index is 14.5. The first-order valence-electron chi connectivity index (χ1n) is 8.81. The number of pyridine rings is 1. The number of halogens is 3. The van der Waals surface area contributed by atoms with Crippen molar-refractivity contribution in [1.29, 1.82) is 0 Å². The Kier molecular flexibility index (Phi) is 5.17. The van der Waals surface area contributed by atoms with Crippen LogP contribution in [-0.4, -0.2) is 21.8 Å². The minimum atomic E-state index is -1.23. The summed E-state index contributed by atoms with van der Waals surface area (Å²) in [6, 6.07) is 12.6. The van der Waals surface area contributed by atoms with Crippen molar-refractivity contribution >= 4 is 39.1 Å². The lowest BCUT2D eigenvalue weighted by Gasteiger charge is -2.25. The third-order valence-electron chi connectivity index (χ3n) is 4.70. The molecule has 5 nitrogen and oxygen atoms in total. The Morgan fingerprint density at radius 1 is 1.03 bits per heavy atom. The molecule has 0 radical (unpaired) electrons. The van der Waals surface area contributed by atoms with Gasteiger partial charge >= 0.3 is 0 Å². The van der Waals surface area contributed by atoms with E-state index >= 15 is 0 Å². The zero-order chi connectivity index (χ0) is 21.4. The van der Waals surface area contributed by atoms with Crippen LogP contribution in [-0.2, 0) is 9.59 Å². The Balaban J connectivity index is 1.97. The summed E-state index contributed by atoms with van der Waals surface area (Å²) in [7, 11) is 0. The molecule has 1 saturated heterocycles. The SMILES string of the molecule is O=C1C(=O)N(c2cc(F)ccc2F)C(c2ccccn2)/C1=C(\O)c1ccc(Br)cc1. The van der Waals surface area contributed by atoms with Gasteiger partial charge in [0.15, 0.2) is 0 Å². The largest absolute Gasteiger partial charge is 0.507 e. The van der Waals surface area contributed by atoms with E-state index in [0.717, 1.165) is 27.6 Å². The van der Waals surface area contributed by atoms with E-state index in [0.29, 0.717) is 0 Å². The van der Waals surface area contributed by atoms with Gasteiger partial charge in [-0.05, 0) is 36.4 Å². The molecule has 1 N–H and O–H groups in total. The monoisotopic (exact) mass is 470 g/mol. The Labute approximate surface area is 178 Å². The highest BCUT2D eigenvalue weighted by Crippen LogP contribution is 2.42. The lowest BCUT2D eigenvalue weighted by atomic mass is 9.98. The molecule has 4 rings (SSSR count). The van der Waals surface area contributed by atoms with Crippen molar-refractivity contribution in [1.82, 2.24) is 4.98 Å².